The molecule has 0 amide bonds. The molecule has 0 aliphatic heterocycles. The average molecular weight is 178 g/mol. The van der Waals surface area contributed by atoms with Gasteiger partial charge in [0.05, 0.1) is 0 Å². The molecule has 1 heterocycles. The summed E-state index contributed by atoms with van der Waals surface area (Å²) in [6, 6.07) is 1.83. The molecule has 1 aromatic rings. The average Bonchev–Trinajstić information content (AvgIpc) is 1.85. The molecule has 0 bridgehead atoms. The Morgan fingerprint density at radius 1 is 1.55 bits per heavy atom. The maximum Gasteiger partial charge on any atom is 0.236 e. The molecule has 0 spiro atoms. The first-order valence-electron chi connectivity index (χ1n) is 2.97. The topological polar surface area (TPSA) is 41.1 Å². The zero-order valence-electron chi connectivity index (χ0n) is 6.00. The van der Waals surface area contributed by atoms with Gasteiger partial charge in [0.1, 0.15) is 0 Å². The number of anilines is 1. The first-order chi connectivity index (χ1) is 5.18. The predicted octanol–water partition coefficient (Wildman–Crippen LogP) is -0.419. The largest absolute Gasteiger partial charge is 0.301 e. The van der Waals surface area contributed by atoms with Crippen molar-refractivity contribution in [2.75, 3.05) is 5.43 Å². The minimum atomic E-state index is 0.537. The first kappa shape index (κ1) is 8.37. The lowest BCUT2D eigenvalue weighted by atomic mass is 10.5. The van der Waals surface area contributed by atoms with Gasteiger partial charge < -0.3 is 5.43 Å². The van der Waals surface area contributed by atoms with Gasteiger partial charge in [0, 0.05) is 11.9 Å². The number of hydrazine groups is 1. The van der Waals surface area contributed by atoms with Crippen LogP contribution in [0, 0.1) is 6.92 Å². The van der Waals surface area contributed by atoms with Gasteiger partial charge >= 0.3 is 0 Å². The third-order valence-electron chi connectivity index (χ3n) is 1.01. The minimum Gasteiger partial charge on any atom is -0.301 e. The quantitative estimate of drug-likeness (QED) is 0.493. The van der Waals surface area contributed by atoms with Crippen molar-refractivity contribution in [1.82, 2.24) is 14.3 Å². The van der Waals surface area contributed by atoms with E-state index in [-0.39, 0.29) is 0 Å². The summed E-state index contributed by atoms with van der Waals surface area (Å²) in [4.78, 5) is 8.04. The maximum absolute atomic E-state index is 4.09. The Hall–Kier alpha value is -0.726. The molecule has 0 atom stereocenters. The zero-order chi connectivity index (χ0) is 8.27. The van der Waals surface area contributed by atoms with E-state index in [2.05, 4.69) is 36.2 Å². The number of aromatic nitrogens is 2. The highest BCUT2D eigenvalue weighted by atomic mass is 28.2. The molecular formula is C5H6N4Si2. The smallest absolute Gasteiger partial charge is 0.236 e. The van der Waals surface area contributed by atoms with Gasteiger partial charge in [-0.2, -0.15) is 0 Å². The minimum absolute atomic E-state index is 0.537. The predicted molar refractivity (Wildman–Crippen MR) is 43.7 cm³/mol. The Kier molecular flexibility index (Phi) is 2.74. The van der Waals surface area contributed by atoms with E-state index in [4.69, 9.17) is 0 Å². The van der Waals surface area contributed by atoms with Gasteiger partial charge in [-0.15, -0.1) is 0 Å². The highest BCUT2D eigenvalue weighted by molar-refractivity contribution is 6.25. The van der Waals surface area contributed by atoms with Crippen molar-refractivity contribution < 1.29 is 0 Å². The molecule has 0 aliphatic carbocycles. The fourth-order valence-electron chi connectivity index (χ4n) is 0.603. The van der Waals surface area contributed by atoms with Crippen LogP contribution >= 0.6 is 0 Å². The molecule has 11 heavy (non-hydrogen) atoms. The second-order valence-corrected chi connectivity index (χ2v) is 3.31. The summed E-state index contributed by atoms with van der Waals surface area (Å²) >= 11 is 0. The molecule has 4 nitrogen and oxygen atoms in total. The summed E-state index contributed by atoms with van der Waals surface area (Å²) < 4.78 is 1.41. The van der Waals surface area contributed by atoms with Gasteiger partial charge in [0.15, 0.2) is 20.8 Å². The summed E-state index contributed by atoms with van der Waals surface area (Å²) in [5.74, 6) is 0.537. The van der Waals surface area contributed by atoms with Crippen LogP contribution in [0.5, 0.6) is 0 Å². The van der Waals surface area contributed by atoms with Crippen LogP contribution in [0.3, 0.4) is 0 Å². The van der Waals surface area contributed by atoms with Gasteiger partial charge in [-0.05, 0) is 13.0 Å². The third kappa shape index (κ3) is 2.78. The molecule has 1 aromatic heterocycles. The number of aryl methyl sites for hydroxylation is 1. The fraction of sp³-hybridized carbons (Fsp3) is 0.200. The van der Waals surface area contributed by atoms with Crippen molar-refractivity contribution in [3.63, 3.8) is 0 Å². The van der Waals surface area contributed by atoms with Gasteiger partial charge in [0.25, 0.3) is 0 Å². The molecule has 0 saturated heterocycles. The number of rotatable bonds is 2. The molecule has 6 heteroatoms. The molecule has 54 valence electrons. The summed E-state index contributed by atoms with van der Waals surface area (Å²) in [7, 11) is 6.28. The molecule has 0 aliphatic rings. The van der Waals surface area contributed by atoms with Crippen LogP contribution in [0.2, 0.25) is 0 Å². The Morgan fingerprint density at radius 3 is 2.82 bits per heavy atom. The standard InChI is InChI=1S/C5H6N4Si2/c1-4-2-3-6-5(7-4)8-9(10)11/h2-3H,1H3,(H,6,7,8). The molecule has 6 radical (unpaired) electrons. The Morgan fingerprint density at radius 2 is 2.27 bits per heavy atom. The van der Waals surface area contributed by atoms with Crippen molar-refractivity contribution >= 4 is 26.8 Å². The van der Waals surface area contributed by atoms with Gasteiger partial charge in [-0.25, -0.2) is 9.97 Å². The summed E-state index contributed by atoms with van der Waals surface area (Å²) in [6.07, 6.45) is 1.69. The highest BCUT2D eigenvalue weighted by Gasteiger charge is 1.94. The van der Waals surface area contributed by atoms with Crippen molar-refractivity contribution in [2.45, 2.75) is 6.92 Å². The summed E-state index contributed by atoms with van der Waals surface area (Å²) in [6.45, 7) is 1.90. The molecule has 1 N–H and O–H groups in total. The number of hydrogen-bond acceptors (Lipinski definition) is 4. The van der Waals surface area contributed by atoms with E-state index in [9.17, 15) is 0 Å². The molecule has 0 unspecified atom stereocenters. The van der Waals surface area contributed by atoms with Crippen molar-refractivity contribution in [3.8, 4) is 0 Å². The second-order valence-electron chi connectivity index (χ2n) is 1.97. The number of nitrogens with one attached hydrogen (secondary N) is 1. The van der Waals surface area contributed by atoms with Crippen LogP contribution in [0.25, 0.3) is 0 Å². The van der Waals surface area contributed by atoms with Crippen LogP contribution in [-0.4, -0.2) is 35.1 Å². The molecule has 0 aromatic carbocycles. The molecule has 0 saturated carbocycles. The Bertz CT molecular complexity index is 240. The normalized spacial score (nSPS) is 10.2. The van der Waals surface area contributed by atoms with Gasteiger partial charge in [-0.1, -0.05) is 0 Å². The summed E-state index contributed by atoms with van der Waals surface area (Å²) in [5.41, 5.74) is 3.70. The number of nitrogens with zero attached hydrogens (tertiary/aromatic N) is 3. The van der Waals surface area contributed by atoms with Crippen molar-refractivity contribution in [3.05, 3.63) is 18.0 Å². The Balaban J connectivity index is 2.71. The van der Waals surface area contributed by atoms with E-state index >= 15 is 0 Å². The second kappa shape index (κ2) is 3.60. The van der Waals surface area contributed by atoms with Crippen LogP contribution in [0.15, 0.2) is 12.3 Å². The van der Waals surface area contributed by atoms with Gasteiger partial charge in [0.2, 0.25) is 5.95 Å². The van der Waals surface area contributed by atoms with Crippen LogP contribution in [-0.2, 0) is 0 Å². The molecule has 1 rings (SSSR count). The zero-order valence-corrected chi connectivity index (χ0v) is 8.00. The fourth-order valence-corrected chi connectivity index (χ4v) is 0.803. The SMILES string of the molecule is Cc1ccnc(NN([Si])[Si])n1. The monoisotopic (exact) mass is 178 g/mol. The van der Waals surface area contributed by atoms with E-state index in [1.165, 1.54) is 4.34 Å². The van der Waals surface area contributed by atoms with Crippen LogP contribution in [0.4, 0.5) is 5.95 Å². The van der Waals surface area contributed by atoms with Crippen LogP contribution in [0.1, 0.15) is 5.69 Å². The first-order valence-corrected chi connectivity index (χ1v) is 3.87. The van der Waals surface area contributed by atoms with Crippen molar-refractivity contribution in [1.29, 1.82) is 0 Å². The van der Waals surface area contributed by atoms with Crippen molar-refractivity contribution in [2.24, 2.45) is 0 Å². The van der Waals surface area contributed by atoms with Gasteiger partial charge in [-0.3, -0.25) is 4.34 Å². The lowest BCUT2D eigenvalue weighted by Crippen LogP contribution is -2.24. The van der Waals surface area contributed by atoms with E-state index in [0.29, 0.717) is 5.95 Å². The molecule has 0 fully saturated rings. The van der Waals surface area contributed by atoms with Crippen LogP contribution < -0.4 is 5.43 Å². The highest BCUT2D eigenvalue weighted by Crippen LogP contribution is 1.97. The third-order valence-corrected chi connectivity index (χ3v) is 1.23. The van der Waals surface area contributed by atoms with E-state index in [0.717, 1.165) is 5.69 Å². The number of hydrogen-bond donors (Lipinski definition) is 1. The van der Waals surface area contributed by atoms with E-state index in [1.54, 1.807) is 6.20 Å². The lowest BCUT2D eigenvalue weighted by molar-refractivity contribution is 0.827. The lowest BCUT2D eigenvalue weighted by Gasteiger charge is -2.10. The van der Waals surface area contributed by atoms with E-state index < -0.39 is 0 Å². The molecular weight excluding hydrogens is 172 g/mol. The maximum atomic E-state index is 4.09. The summed E-state index contributed by atoms with van der Waals surface area (Å²) in [5, 5.41) is 0. The van der Waals surface area contributed by atoms with E-state index in [1.807, 2.05) is 13.0 Å². The Labute approximate surface area is 72.0 Å².